The number of hydrogen-bond donors (Lipinski definition) is 0. The van der Waals surface area contributed by atoms with Gasteiger partial charge in [0.15, 0.2) is 0 Å². The lowest BCUT2D eigenvalue weighted by Crippen LogP contribution is -2.50. The Morgan fingerprint density at radius 3 is 1.76 bits per heavy atom. The van der Waals surface area contributed by atoms with Gasteiger partial charge in [-0.2, -0.15) is 0 Å². The number of rotatable bonds is 2. The molecule has 1 aliphatic rings. The number of hydrogen-bond acceptors (Lipinski definition) is 2. The van der Waals surface area contributed by atoms with Gasteiger partial charge in [0.25, 0.3) is 5.91 Å². The van der Waals surface area contributed by atoms with Gasteiger partial charge in [-0.3, -0.25) is 14.5 Å². The average molecular weight is 277 g/mol. The minimum Gasteiger partial charge on any atom is -0.281 e. The van der Waals surface area contributed by atoms with E-state index in [4.69, 9.17) is 0 Å². The maximum atomic E-state index is 12.9. The van der Waals surface area contributed by atoms with Crippen molar-refractivity contribution in [2.24, 2.45) is 0 Å². The summed E-state index contributed by atoms with van der Waals surface area (Å²) >= 11 is 0. The van der Waals surface area contributed by atoms with Crippen LogP contribution in [0.25, 0.3) is 0 Å². The fraction of sp³-hybridized carbons (Fsp3) is 0.111. The Morgan fingerprint density at radius 2 is 1.29 bits per heavy atom. The van der Waals surface area contributed by atoms with Gasteiger partial charge < -0.3 is 0 Å². The van der Waals surface area contributed by atoms with Crippen LogP contribution in [-0.4, -0.2) is 23.8 Å². The minimum atomic E-state index is -0.939. The molecule has 0 unspecified atom stereocenters. The smallest absolute Gasteiger partial charge is 0.252 e. The predicted octanol–water partition coefficient (Wildman–Crippen LogP) is 2.53. The van der Waals surface area contributed by atoms with Crippen LogP contribution >= 0.6 is 0 Å². The van der Waals surface area contributed by atoms with Crippen LogP contribution in [0, 0.1) is 0 Å². The normalized spacial score (nSPS) is 17.1. The topological polar surface area (TPSA) is 37.4 Å². The molecule has 0 radical (unpaired) electrons. The van der Waals surface area contributed by atoms with Gasteiger partial charge in [-0.1, -0.05) is 66.7 Å². The molecule has 21 heavy (non-hydrogen) atoms. The molecule has 2 aromatic rings. The fourth-order valence-electron chi connectivity index (χ4n) is 2.75. The number of likely N-dealkylation sites (N-methyl/N-ethyl adjacent to an activating group) is 1. The molecule has 0 spiro atoms. The maximum absolute atomic E-state index is 12.9. The van der Waals surface area contributed by atoms with E-state index in [0.717, 1.165) is 11.1 Å². The van der Waals surface area contributed by atoms with E-state index in [2.05, 4.69) is 0 Å². The van der Waals surface area contributed by atoms with Crippen LogP contribution in [0.2, 0.25) is 0 Å². The van der Waals surface area contributed by atoms with Crippen LogP contribution in [0.5, 0.6) is 0 Å². The molecule has 0 aliphatic carbocycles. The lowest BCUT2D eigenvalue weighted by atomic mass is 9.72. The molecule has 0 N–H and O–H groups in total. The SMILES string of the molecule is CN1C(=O)C=CC(c2ccccc2)(c2ccccc2)C1=O. The highest BCUT2D eigenvalue weighted by atomic mass is 16.2. The van der Waals surface area contributed by atoms with Crippen molar-refractivity contribution in [2.45, 2.75) is 5.41 Å². The second kappa shape index (κ2) is 5.02. The number of carbonyl (C=O) groups excluding carboxylic acids is 2. The Hall–Kier alpha value is -2.68. The molecule has 3 rings (SSSR count). The van der Waals surface area contributed by atoms with E-state index in [1.165, 1.54) is 18.0 Å². The first-order chi connectivity index (χ1) is 10.2. The third-order valence-electron chi connectivity index (χ3n) is 3.91. The highest BCUT2D eigenvalue weighted by Crippen LogP contribution is 2.37. The van der Waals surface area contributed by atoms with Gasteiger partial charge in [0.1, 0.15) is 5.41 Å². The molecule has 104 valence electrons. The van der Waals surface area contributed by atoms with E-state index < -0.39 is 5.41 Å². The molecule has 1 aliphatic heterocycles. The van der Waals surface area contributed by atoms with E-state index >= 15 is 0 Å². The van der Waals surface area contributed by atoms with Gasteiger partial charge in [-0.25, -0.2) is 0 Å². The lowest BCUT2D eigenvalue weighted by Gasteiger charge is -2.36. The second-order valence-electron chi connectivity index (χ2n) is 5.08. The number of carbonyl (C=O) groups is 2. The van der Waals surface area contributed by atoms with Gasteiger partial charge in [0, 0.05) is 13.1 Å². The summed E-state index contributed by atoms with van der Waals surface area (Å²) in [6.45, 7) is 0. The Kier molecular flexibility index (Phi) is 3.18. The van der Waals surface area contributed by atoms with Crippen molar-refractivity contribution in [1.82, 2.24) is 4.90 Å². The third kappa shape index (κ3) is 1.98. The first-order valence-corrected chi connectivity index (χ1v) is 6.78. The first kappa shape index (κ1) is 13.3. The van der Waals surface area contributed by atoms with E-state index in [9.17, 15) is 9.59 Å². The van der Waals surface area contributed by atoms with E-state index in [0.29, 0.717) is 0 Å². The molecule has 0 aromatic heterocycles. The van der Waals surface area contributed by atoms with Crippen molar-refractivity contribution in [3.63, 3.8) is 0 Å². The molecule has 0 saturated heterocycles. The maximum Gasteiger partial charge on any atom is 0.252 e. The Labute approximate surface area is 123 Å². The molecule has 0 saturated carbocycles. The van der Waals surface area contributed by atoms with Crippen LogP contribution in [0.1, 0.15) is 11.1 Å². The van der Waals surface area contributed by atoms with E-state index in [-0.39, 0.29) is 11.8 Å². The summed E-state index contributed by atoms with van der Waals surface area (Å²) in [7, 11) is 1.52. The largest absolute Gasteiger partial charge is 0.281 e. The van der Waals surface area contributed by atoms with Crippen molar-refractivity contribution in [3.8, 4) is 0 Å². The van der Waals surface area contributed by atoms with Crippen LogP contribution in [0.3, 0.4) is 0 Å². The molecule has 0 atom stereocenters. The molecular formula is C18H15NO2. The molecule has 3 heteroatoms. The van der Waals surface area contributed by atoms with Gasteiger partial charge in [-0.05, 0) is 11.1 Å². The van der Waals surface area contributed by atoms with Gasteiger partial charge in [-0.15, -0.1) is 0 Å². The van der Waals surface area contributed by atoms with Crippen molar-refractivity contribution in [1.29, 1.82) is 0 Å². The van der Waals surface area contributed by atoms with Crippen molar-refractivity contribution < 1.29 is 9.59 Å². The van der Waals surface area contributed by atoms with Crippen molar-refractivity contribution in [3.05, 3.63) is 83.9 Å². The first-order valence-electron chi connectivity index (χ1n) is 6.78. The Bertz CT molecular complexity index is 665. The predicted molar refractivity (Wildman–Crippen MR) is 80.6 cm³/mol. The van der Waals surface area contributed by atoms with Crippen molar-refractivity contribution >= 4 is 11.8 Å². The summed E-state index contributed by atoms with van der Waals surface area (Å²) in [5.41, 5.74) is 0.777. The van der Waals surface area contributed by atoms with Gasteiger partial charge in [0.2, 0.25) is 5.91 Å². The molecule has 0 fully saturated rings. The van der Waals surface area contributed by atoms with Crippen molar-refractivity contribution in [2.75, 3.05) is 7.05 Å². The van der Waals surface area contributed by atoms with E-state index in [1.807, 2.05) is 60.7 Å². The number of amides is 2. The average Bonchev–Trinajstić information content (AvgIpc) is 2.55. The molecule has 0 bridgehead atoms. The minimum absolute atomic E-state index is 0.229. The second-order valence-corrected chi connectivity index (χ2v) is 5.08. The molecule has 2 aromatic carbocycles. The molecule has 1 heterocycles. The number of imide groups is 1. The summed E-state index contributed by atoms with van der Waals surface area (Å²) in [6, 6.07) is 19.1. The zero-order valence-corrected chi connectivity index (χ0v) is 11.7. The Morgan fingerprint density at radius 1 is 0.810 bits per heavy atom. The summed E-state index contributed by atoms with van der Waals surface area (Å²) < 4.78 is 0. The van der Waals surface area contributed by atoms with Crippen LogP contribution in [0.4, 0.5) is 0 Å². The zero-order valence-electron chi connectivity index (χ0n) is 11.7. The van der Waals surface area contributed by atoms with Gasteiger partial charge >= 0.3 is 0 Å². The fourth-order valence-corrected chi connectivity index (χ4v) is 2.75. The summed E-state index contributed by atoms with van der Waals surface area (Å²) in [5, 5.41) is 0. The summed E-state index contributed by atoms with van der Waals surface area (Å²) in [4.78, 5) is 25.9. The monoisotopic (exact) mass is 277 g/mol. The lowest BCUT2D eigenvalue weighted by molar-refractivity contribution is -0.143. The molecule has 2 amide bonds. The summed E-state index contributed by atoms with van der Waals surface area (Å²) in [5.74, 6) is -0.519. The third-order valence-corrected chi connectivity index (χ3v) is 3.91. The summed E-state index contributed by atoms with van der Waals surface area (Å²) in [6.07, 6.45) is 3.18. The molecule has 3 nitrogen and oxygen atoms in total. The Balaban J connectivity index is 2.29. The van der Waals surface area contributed by atoms with Crippen LogP contribution in [-0.2, 0) is 15.0 Å². The standard InChI is InChI=1S/C18H15NO2/c1-19-16(20)12-13-18(17(19)21,14-8-4-2-5-9-14)15-10-6-3-7-11-15/h2-13H,1H3. The number of nitrogens with zero attached hydrogens (tertiary/aromatic N) is 1. The zero-order chi connectivity index (χ0) is 14.9. The highest BCUT2D eigenvalue weighted by Gasteiger charge is 2.45. The molecular weight excluding hydrogens is 262 g/mol. The van der Waals surface area contributed by atoms with E-state index in [1.54, 1.807) is 6.08 Å². The number of benzene rings is 2. The van der Waals surface area contributed by atoms with Crippen LogP contribution in [0.15, 0.2) is 72.8 Å². The highest BCUT2D eigenvalue weighted by molar-refractivity contribution is 6.10. The van der Waals surface area contributed by atoms with Gasteiger partial charge in [0.05, 0.1) is 0 Å². The van der Waals surface area contributed by atoms with Crippen LogP contribution < -0.4 is 0 Å². The quantitative estimate of drug-likeness (QED) is 0.791.